The Balaban J connectivity index is 2.15. The molecule has 1 aliphatic carbocycles. The number of fused-ring (bicyclic) bond motifs is 1. The second-order valence-corrected chi connectivity index (χ2v) is 8.95. The summed E-state index contributed by atoms with van der Waals surface area (Å²) in [6.45, 7) is 5.21. The molecule has 1 aliphatic rings. The molecule has 0 amide bonds. The number of nitrogens with zero attached hydrogens (tertiary/aromatic N) is 1. The van der Waals surface area contributed by atoms with Gasteiger partial charge in [-0.25, -0.2) is 13.4 Å². The van der Waals surface area contributed by atoms with Crippen LogP contribution in [-0.2, 0) is 22.0 Å². The highest BCUT2D eigenvalue weighted by molar-refractivity contribution is 7.90. The molecule has 6 heteroatoms. The van der Waals surface area contributed by atoms with Crippen molar-refractivity contribution in [1.29, 1.82) is 0 Å². The first-order chi connectivity index (χ1) is 8.85. The molecule has 0 aliphatic heterocycles. The summed E-state index contributed by atoms with van der Waals surface area (Å²) in [5, 5.41) is 4.21. The quantitative estimate of drug-likeness (QED) is 0.905. The van der Waals surface area contributed by atoms with Gasteiger partial charge in [0.15, 0.2) is 9.84 Å². The van der Waals surface area contributed by atoms with E-state index in [4.69, 9.17) is 0 Å². The van der Waals surface area contributed by atoms with E-state index in [1.807, 2.05) is 0 Å². The van der Waals surface area contributed by atoms with E-state index in [1.54, 1.807) is 11.3 Å². The number of hydrogen-bond acceptors (Lipinski definition) is 5. The van der Waals surface area contributed by atoms with Gasteiger partial charge in [0, 0.05) is 29.6 Å². The van der Waals surface area contributed by atoms with E-state index in [1.165, 1.54) is 17.6 Å². The Kier molecular flexibility index (Phi) is 4.63. The van der Waals surface area contributed by atoms with Gasteiger partial charge in [-0.1, -0.05) is 13.8 Å². The van der Waals surface area contributed by atoms with Crippen LogP contribution >= 0.6 is 11.3 Å². The minimum absolute atomic E-state index is 0.0784. The third-order valence-electron chi connectivity index (χ3n) is 3.27. The standard InChI is InChI=1S/C13H22N2O2S2/c1-9(2)14-7-10-5-4-6-11-13(10)15-12(18-11)8-19(3,16)17/h9-10,14H,4-8H2,1-3H3. The van der Waals surface area contributed by atoms with Crippen LogP contribution in [0.3, 0.4) is 0 Å². The smallest absolute Gasteiger partial charge is 0.153 e. The molecule has 4 nitrogen and oxygen atoms in total. The Bertz CT molecular complexity index is 535. The molecule has 0 spiro atoms. The molecule has 19 heavy (non-hydrogen) atoms. The molecule has 0 radical (unpaired) electrons. The fourth-order valence-corrected chi connectivity index (χ4v) is 4.80. The molecule has 1 aromatic heterocycles. The van der Waals surface area contributed by atoms with Crippen LogP contribution in [0.15, 0.2) is 0 Å². The van der Waals surface area contributed by atoms with Crippen LogP contribution in [0.2, 0.25) is 0 Å². The Morgan fingerprint density at radius 1 is 1.47 bits per heavy atom. The number of sulfone groups is 1. The lowest BCUT2D eigenvalue weighted by molar-refractivity contribution is 0.474. The molecule has 2 rings (SSSR count). The highest BCUT2D eigenvalue weighted by Crippen LogP contribution is 2.34. The maximum absolute atomic E-state index is 11.4. The van der Waals surface area contributed by atoms with Gasteiger partial charge in [-0.15, -0.1) is 11.3 Å². The minimum atomic E-state index is -2.99. The maximum Gasteiger partial charge on any atom is 0.153 e. The van der Waals surface area contributed by atoms with Gasteiger partial charge in [0.2, 0.25) is 0 Å². The largest absolute Gasteiger partial charge is 0.314 e. The molecule has 108 valence electrons. The van der Waals surface area contributed by atoms with Crippen LogP contribution in [0.4, 0.5) is 0 Å². The normalized spacial score (nSPS) is 19.7. The summed E-state index contributed by atoms with van der Waals surface area (Å²) in [6, 6.07) is 0.472. The van der Waals surface area contributed by atoms with Crippen LogP contribution in [0, 0.1) is 0 Å². The number of hydrogen-bond donors (Lipinski definition) is 1. The summed E-state index contributed by atoms with van der Waals surface area (Å²) in [6.07, 6.45) is 4.65. The fourth-order valence-electron chi connectivity index (χ4n) is 2.42. The third kappa shape index (κ3) is 4.26. The van der Waals surface area contributed by atoms with Crippen molar-refractivity contribution in [2.75, 3.05) is 12.8 Å². The van der Waals surface area contributed by atoms with Crippen molar-refractivity contribution in [3.8, 4) is 0 Å². The van der Waals surface area contributed by atoms with Crippen molar-refractivity contribution in [2.45, 2.75) is 50.8 Å². The summed E-state index contributed by atoms with van der Waals surface area (Å²) in [4.78, 5) is 5.89. The molecule has 0 saturated heterocycles. The number of nitrogens with one attached hydrogen (secondary N) is 1. The van der Waals surface area contributed by atoms with Crippen molar-refractivity contribution in [2.24, 2.45) is 0 Å². The first-order valence-corrected chi connectivity index (χ1v) is 9.62. The van der Waals surface area contributed by atoms with E-state index in [2.05, 4.69) is 24.1 Å². The number of aromatic nitrogens is 1. The Morgan fingerprint density at radius 3 is 2.84 bits per heavy atom. The molecular weight excluding hydrogens is 280 g/mol. The van der Waals surface area contributed by atoms with Crippen molar-refractivity contribution in [3.05, 3.63) is 15.6 Å². The van der Waals surface area contributed by atoms with E-state index in [0.29, 0.717) is 12.0 Å². The Morgan fingerprint density at radius 2 is 2.21 bits per heavy atom. The van der Waals surface area contributed by atoms with E-state index in [0.717, 1.165) is 30.1 Å². The molecule has 1 N–H and O–H groups in total. The predicted molar refractivity (Wildman–Crippen MR) is 79.5 cm³/mol. The average Bonchev–Trinajstić information content (AvgIpc) is 2.65. The summed E-state index contributed by atoms with van der Waals surface area (Å²) in [5.41, 5.74) is 1.14. The zero-order valence-electron chi connectivity index (χ0n) is 11.8. The minimum Gasteiger partial charge on any atom is -0.314 e. The SMILES string of the molecule is CC(C)NCC1CCCc2sc(CS(C)(=O)=O)nc21. The lowest BCUT2D eigenvalue weighted by atomic mass is 9.91. The lowest BCUT2D eigenvalue weighted by Crippen LogP contribution is -2.29. The summed E-state index contributed by atoms with van der Waals surface area (Å²) in [5.74, 6) is 0.519. The van der Waals surface area contributed by atoms with Crippen molar-refractivity contribution in [1.82, 2.24) is 10.3 Å². The van der Waals surface area contributed by atoms with Crippen molar-refractivity contribution >= 4 is 21.2 Å². The van der Waals surface area contributed by atoms with E-state index >= 15 is 0 Å². The summed E-state index contributed by atoms with van der Waals surface area (Å²) < 4.78 is 22.7. The first kappa shape index (κ1) is 14.9. The van der Waals surface area contributed by atoms with Gasteiger partial charge in [-0.05, 0) is 19.3 Å². The molecule has 0 fully saturated rings. The van der Waals surface area contributed by atoms with Crippen LogP contribution in [0.25, 0.3) is 0 Å². The van der Waals surface area contributed by atoms with E-state index in [-0.39, 0.29) is 5.75 Å². The monoisotopic (exact) mass is 302 g/mol. The molecule has 0 aromatic carbocycles. The van der Waals surface area contributed by atoms with Crippen molar-refractivity contribution < 1.29 is 8.42 Å². The van der Waals surface area contributed by atoms with Gasteiger partial charge >= 0.3 is 0 Å². The molecule has 1 unspecified atom stereocenters. The van der Waals surface area contributed by atoms with Gasteiger partial charge in [-0.3, -0.25) is 0 Å². The Labute approximate surface area is 119 Å². The van der Waals surface area contributed by atoms with Crippen molar-refractivity contribution in [3.63, 3.8) is 0 Å². The van der Waals surface area contributed by atoms with Gasteiger partial charge in [0.25, 0.3) is 0 Å². The zero-order chi connectivity index (χ0) is 14.0. The number of thiazole rings is 1. The van der Waals surface area contributed by atoms with Gasteiger partial charge < -0.3 is 5.32 Å². The second-order valence-electron chi connectivity index (χ2n) is 5.64. The van der Waals surface area contributed by atoms with Gasteiger partial charge in [-0.2, -0.15) is 0 Å². The maximum atomic E-state index is 11.4. The molecular formula is C13H22N2O2S2. The average molecular weight is 302 g/mol. The van der Waals surface area contributed by atoms with Crippen LogP contribution in [-0.4, -0.2) is 32.2 Å². The molecule has 0 bridgehead atoms. The topological polar surface area (TPSA) is 59.1 Å². The molecule has 1 heterocycles. The lowest BCUT2D eigenvalue weighted by Gasteiger charge is -2.22. The summed E-state index contributed by atoms with van der Waals surface area (Å²) in [7, 11) is -2.99. The molecule has 1 atom stereocenters. The second kappa shape index (κ2) is 5.89. The predicted octanol–water partition coefficient (Wildman–Crippen LogP) is 2.11. The summed E-state index contributed by atoms with van der Waals surface area (Å²) >= 11 is 1.58. The van der Waals surface area contributed by atoms with Gasteiger partial charge in [0.1, 0.15) is 10.8 Å². The molecule has 1 aromatic rings. The highest BCUT2D eigenvalue weighted by Gasteiger charge is 2.25. The first-order valence-electron chi connectivity index (χ1n) is 6.74. The van der Waals surface area contributed by atoms with Gasteiger partial charge in [0.05, 0.1) is 5.69 Å². The van der Waals surface area contributed by atoms with Crippen LogP contribution in [0.5, 0.6) is 0 Å². The van der Waals surface area contributed by atoms with Crippen LogP contribution < -0.4 is 5.32 Å². The number of aryl methyl sites for hydroxylation is 1. The molecule has 0 saturated carbocycles. The fraction of sp³-hybridized carbons (Fsp3) is 0.769. The third-order valence-corrected chi connectivity index (χ3v) is 5.38. The zero-order valence-corrected chi connectivity index (χ0v) is 13.4. The number of rotatable bonds is 5. The van der Waals surface area contributed by atoms with Crippen LogP contribution in [0.1, 0.15) is 48.2 Å². The highest BCUT2D eigenvalue weighted by atomic mass is 32.2. The Hall–Kier alpha value is -0.460. The van der Waals surface area contributed by atoms with E-state index < -0.39 is 9.84 Å². The van der Waals surface area contributed by atoms with E-state index in [9.17, 15) is 8.42 Å².